The summed E-state index contributed by atoms with van der Waals surface area (Å²) in [7, 11) is 0. The van der Waals surface area contributed by atoms with Crippen LogP contribution in [0, 0.1) is 11.7 Å². The van der Waals surface area contributed by atoms with Crippen LogP contribution in [0.5, 0.6) is 0 Å². The zero-order valence-corrected chi connectivity index (χ0v) is 14.1. The first-order valence-corrected chi connectivity index (χ1v) is 7.92. The van der Waals surface area contributed by atoms with Crippen molar-refractivity contribution in [2.75, 3.05) is 0 Å². The van der Waals surface area contributed by atoms with E-state index in [0.29, 0.717) is 5.56 Å². The first-order valence-electron chi connectivity index (χ1n) is 7.92. The first-order chi connectivity index (χ1) is 12.0. The van der Waals surface area contributed by atoms with Crippen LogP contribution >= 0.6 is 0 Å². The van der Waals surface area contributed by atoms with Gasteiger partial charge >= 0.3 is 0 Å². The van der Waals surface area contributed by atoms with Crippen LogP contribution in [0.4, 0.5) is 4.39 Å². The number of halogens is 1. The Morgan fingerprint density at radius 1 is 1.04 bits per heavy atom. The second-order valence-electron chi connectivity index (χ2n) is 5.82. The van der Waals surface area contributed by atoms with Crippen LogP contribution in [0.1, 0.15) is 29.8 Å². The number of hydrazone groups is 1. The molecular formula is C19H20FN3O2. The lowest BCUT2D eigenvalue weighted by Gasteiger charge is -2.20. The van der Waals surface area contributed by atoms with Crippen molar-refractivity contribution < 1.29 is 14.0 Å². The van der Waals surface area contributed by atoms with Gasteiger partial charge in [-0.25, -0.2) is 9.82 Å². The predicted octanol–water partition coefficient (Wildman–Crippen LogP) is 2.73. The molecule has 2 aromatic carbocycles. The topological polar surface area (TPSA) is 70.6 Å². The summed E-state index contributed by atoms with van der Waals surface area (Å²) < 4.78 is 13.5. The molecular weight excluding hydrogens is 321 g/mol. The van der Waals surface area contributed by atoms with Crippen molar-refractivity contribution >= 4 is 18.0 Å². The zero-order chi connectivity index (χ0) is 18.2. The zero-order valence-electron chi connectivity index (χ0n) is 14.1. The van der Waals surface area contributed by atoms with Crippen LogP contribution in [0.3, 0.4) is 0 Å². The SMILES string of the molecule is CC(C)[C@@H](NC(=O)c1ccccc1)C(=O)N/N=C/c1ccccc1F. The summed E-state index contributed by atoms with van der Waals surface area (Å²) in [6, 6.07) is 14.0. The number of nitrogens with one attached hydrogen (secondary N) is 2. The van der Waals surface area contributed by atoms with Gasteiger partial charge in [0.05, 0.1) is 6.21 Å². The summed E-state index contributed by atoms with van der Waals surface area (Å²) in [6.07, 6.45) is 1.23. The molecule has 6 heteroatoms. The first kappa shape index (κ1) is 18.3. The predicted molar refractivity (Wildman–Crippen MR) is 94.7 cm³/mol. The molecule has 5 nitrogen and oxygen atoms in total. The average Bonchev–Trinajstić information content (AvgIpc) is 2.61. The monoisotopic (exact) mass is 341 g/mol. The fourth-order valence-electron chi connectivity index (χ4n) is 2.16. The van der Waals surface area contributed by atoms with E-state index >= 15 is 0 Å². The number of nitrogens with zero attached hydrogens (tertiary/aromatic N) is 1. The summed E-state index contributed by atoms with van der Waals surface area (Å²) >= 11 is 0. The van der Waals surface area contributed by atoms with E-state index in [4.69, 9.17) is 0 Å². The van der Waals surface area contributed by atoms with Crippen LogP contribution in [-0.2, 0) is 4.79 Å². The smallest absolute Gasteiger partial charge is 0.262 e. The van der Waals surface area contributed by atoms with E-state index < -0.39 is 17.8 Å². The Morgan fingerprint density at radius 2 is 1.68 bits per heavy atom. The summed E-state index contributed by atoms with van der Waals surface area (Å²) in [5.41, 5.74) is 3.08. The lowest BCUT2D eigenvalue weighted by molar-refractivity contribution is -0.123. The fourth-order valence-corrected chi connectivity index (χ4v) is 2.16. The van der Waals surface area contributed by atoms with Gasteiger partial charge in [0.2, 0.25) is 0 Å². The van der Waals surface area contributed by atoms with Crippen molar-refractivity contribution in [3.8, 4) is 0 Å². The molecule has 0 aromatic heterocycles. The molecule has 0 fully saturated rings. The van der Waals surface area contributed by atoms with E-state index in [1.165, 1.54) is 12.3 Å². The number of carbonyl (C=O) groups excluding carboxylic acids is 2. The Bertz CT molecular complexity index is 760. The van der Waals surface area contributed by atoms with Gasteiger partial charge in [0, 0.05) is 11.1 Å². The molecule has 2 N–H and O–H groups in total. The number of hydrogen-bond acceptors (Lipinski definition) is 3. The second kappa shape index (κ2) is 8.73. The van der Waals surface area contributed by atoms with Gasteiger partial charge in [-0.3, -0.25) is 9.59 Å². The fraction of sp³-hybridized carbons (Fsp3) is 0.211. The van der Waals surface area contributed by atoms with E-state index in [0.717, 1.165) is 0 Å². The van der Waals surface area contributed by atoms with Gasteiger partial charge < -0.3 is 5.32 Å². The van der Waals surface area contributed by atoms with Crippen LogP contribution < -0.4 is 10.7 Å². The third kappa shape index (κ3) is 5.24. The van der Waals surface area contributed by atoms with Gasteiger partial charge in [0.1, 0.15) is 11.9 Å². The summed E-state index contributed by atoms with van der Waals surface area (Å²) in [4.78, 5) is 24.5. The van der Waals surface area contributed by atoms with Crippen LogP contribution in [0.15, 0.2) is 59.7 Å². The third-order valence-electron chi connectivity index (χ3n) is 3.56. The Balaban J connectivity index is 2.01. The van der Waals surface area contributed by atoms with Crippen molar-refractivity contribution in [2.45, 2.75) is 19.9 Å². The average molecular weight is 341 g/mol. The van der Waals surface area contributed by atoms with Crippen molar-refractivity contribution in [1.29, 1.82) is 0 Å². The molecule has 130 valence electrons. The van der Waals surface area contributed by atoms with E-state index in [-0.39, 0.29) is 17.4 Å². The molecule has 0 radical (unpaired) electrons. The quantitative estimate of drug-likeness (QED) is 0.626. The Labute approximate surface area is 145 Å². The number of benzene rings is 2. The number of rotatable bonds is 6. The highest BCUT2D eigenvalue weighted by Gasteiger charge is 2.24. The summed E-state index contributed by atoms with van der Waals surface area (Å²) in [6.45, 7) is 3.63. The molecule has 0 heterocycles. The van der Waals surface area contributed by atoms with Crippen molar-refractivity contribution in [3.05, 3.63) is 71.5 Å². The van der Waals surface area contributed by atoms with E-state index in [1.54, 1.807) is 48.5 Å². The molecule has 2 rings (SSSR count). The molecule has 0 aliphatic carbocycles. The molecule has 0 bridgehead atoms. The van der Waals surface area contributed by atoms with Gasteiger partial charge in [-0.1, -0.05) is 50.2 Å². The van der Waals surface area contributed by atoms with E-state index in [1.807, 2.05) is 13.8 Å². The number of hydrogen-bond donors (Lipinski definition) is 2. The van der Waals surface area contributed by atoms with Gasteiger partial charge in [-0.05, 0) is 24.1 Å². The third-order valence-corrected chi connectivity index (χ3v) is 3.56. The minimum Gasteiger partial charge on any atom is -0.340 e. The summed E-state index contributed by atoms with van der Waals surface area (Å²) in [5.74, 6) is -1.38. The largest absolute Gasteiger partial charge is 0.340 e. The standard InChI is InChI=1S/C19H20FN3O2/c1-13(2)17(22-18(24)14-8-4-3-5-9-14)19(25)23-21-12-15-10-6-7-11-16(15)20/h3-13,17H,1-2H3,(H,22,24)(H,23,25)/b21-12+/t17-/m1/s1. The van der Waals surface area contributed by atoms with E-state index in [9.17, 15) is 14.0 Å². The lowest BCUT2D eigenvalue weighted by Crippen LogP contribution is -2.48. The molecule has 0 aliphatic heterocycles. The van der Waals surface area contributed by atoms with E-state index in [2.05, 4.69) is 15.8 Å². The minimum absolute atomic E-state index is 0.142. The molecule has 2 amide bonds. The number of amides is 2. The Morgan fingerprint density at radius 3 is 2.32 bits per heavy atom. The highest BCUT2D eigenvalue weighted by atomic mass is 19.1. The molecule has 0 spiro atoms. The Hall–Kier alpha value is -3.02. The van der Waals surface area contributed by atoms with Crippen molar-refractivity contribution in [1.82, 2.24) is 10.7 Å². The van der Waals surface area contributed by atoms with Crippen molar-refractivity contribution in [2.24, 2.45) is 11.0 Å². The molecule has 1 atom stereocenters. The molecule has 25 heavy (non-hydrogen) atoms. The maximum atomic E-state index is 13.5. The van der Waals surface area contributed by atoms with Crippen LogP contribution in [0.25, 0.3) is 0 Å². The van der Waals surface area contributed by atoms with Gasteiger partial charge in [0.25, 0.3) is 11.8 Å². The highest BCUT2D eigenvalue weighted by Crippen LogP contribution is 2.06. The van der Waals surface area contributed by atoms with Crippen molar-refractivity contribution in [3.63, 3.8) is 0 Å². The van der Waals surface area contributed by atoms with Gasteiger partial charge in [-0.2, -0.15) is 5.10 Å². The second-order valence-corrected chi connectivity index (χ2v) is 5.82. The lowest BCUT2D eigenvalue weighted by atomic mass is 10.0. The van der Waals surface area contributed by atoms with Gasteiger partial charge in [-0.15, -0.1) is 0 Å². The Kier molecular flexibility index (Phi) is 6.39. The maximum absolute atomic E-state index is 13.5. The van der Waals surface area contributed by atoms with Crippen LogP contribution in [0.2, 0.25) is 0 Å². The molecule has 0 aliphatic rings. The normalized spacial score (nSPS) is 12.2. The maximum Gasteiger partial charge on any atom is 0.262 e. The number of carbonyl (C=O) groups is 2. The van der Waals surface area contributed by atoms with Gasteiger partial charge in [0.15, 0.2) is 0 Å². The van der Waals surface area contributed by atoms with Crippen LogP contribution in [-0.4, -0.2) is 24.1 Å². The molecule has 0 unspecified atom stereocenters. The molecule has 0 saturated carbocycles. The molecule has 2 aromatic rings. The highest BCUT2D eigenvalue weighted by molar-refractivity contribution is 5.97. The minimum atomic E-state index is -0.759. The molecule has 0 saturated heterocycles. The summed E-state index contributed by atoms with van der Waals surface area (Å²) in [5, 5.41) is 6.46.